The average Bonchev–Trinajstić information content (AvgIpc) is 2.48. The second-order valence-electron chi connectivity index (χ2n) is 3.71. The fourth-order valence-electron chi connectivity index (χ4n) is 1.37. The highest BCUT2D eigenvalue weighted by molar-refractivity contribution is 4.79. The van der Waals surface area contributed by atoms with Gasteiger partial charge in [0, 0.05) is 0 Å². The Morgan fingerprint density at radius 1 is 1.71 bits per heavy atom. The molecule has 0 unspecified atom stereocenters. The fraction of sp³-hybridized carbons (Fsp3) is 0.800. The van der Waals surface area contributed by atoms with Crippen LogP contribution in [0.4, 0.5) is 0 Å². The molecule has 1 rings (SSSR count). The molecule has 4 nitrogen and oxygen atoms in total. The zero-order valence-corrected chi connectivity index (χ0v) is 8.73. The lowest BCUT2D eigenvalue weighted by Gasteiger charge is -2.22. The average molecular weight is 202 g/mol. The minimum absolute atomic E-state index is 0.0715. The van der Waals surface area contributed by atoms with Gasteiger partial charge in [0.1, 0.15) is 12.2 Å². The SMILES string of the molecule is C=CCO[C@@H](CO)[C@H]1COC(C)(C)O1. The molecule has 1 heterocycles. The normalized spacial score (nSPS) is 27.5. The zero-order valence-electron chi connectivity index (χ0n) is 8.73. The molecule has 14 heavy (non-hydrogen) atoms. The molecule has 0 saturated carbocycles. The van der Waals surface area contributed by atoms with E-state index in [9.17, 15) is 0 Å². The van der Waals surface area contributed by atoms with Crippen molar-refractivity contribution in [2.24, 2.45) is 0 Å². The van der Waals surface area contributed by atoms with Gasteiger partial charge in [-0.15, -0.1) is 6.58 Å². The maximum atomic E-state index is 9.09. The second kappa shape index (κ2) is 4.89. The molecule has 1 N–H and O–H groups in total. The third-order valence-corrected chi connectivity index (χ3v) is 2.05. The molecule has 0 aliphatic carbocycles. The van der Waals surface area contributed by atoms with Gasteiger partial charge in [0.05, 0.1) is 19.8 Å². The Bertz CT molecular complexity index is 191. The van der Waals surface area contributed by atoms with Crippen LogP contribution in [0.3, 0.4) is 0 Å². The highest BCUT2D eigenvalue weighted by Crippen LogP contribution is 2.25. The highest BCUT2D eigenvalue weighted by atomic mass is 16.7. The molecule has 0 radical (unpaired) electrons. The van der Waals surface area contributed by atoms with Gasteiger partial charge in [0.25, 0.3) is 0 Å². The van der Waals surface area contributed by atoms with Gasteiger partial charge in [-0.2, -0.15) is 0 Å². The van der Waals surface area contributed by atoms with Crippen LogP contribution in [0.5, 0.6) is 0 Å². The molecule has 2 atom stereocenters. The van der Waals surface area contributed by atoms with Crippen LogP contribution in [-0.2, 0) is 14.2 Å². The minimum atomic E-state index is -0.574. The molecule has 0 aromatic carbocycles. The van der Waals surface area contributed by atoms with Crippen LogP contribution < -0.4 is 0 Å². The van der Waals surface area contributed by atoms with Gasteiger partial charge >= 0.3 is 0 Å². The van der Waals surface area contributed by atoms with Crippen molar-refractivity contribution in [3.05, 3.63) is 12.7 Å². The van der Waals surface area contributed by atoms with Crippen LogP contribution in [0.1, 0.15) is 13.8 Å². The van der Waals surface area contributed by atoms with Crippen molar-refractivity contribution in [3.63, 3.8) is 0 Å². The molecule has 0 aromatic rings. The van der Waals surface area contributed by atoms with Gasteiger partial charge in [0.15, 0.2) is 5.79 Å². The van der Waals surface area contributed by atoms with Gasteiger partial charge in [-0.05, 0) is 13.8 Å². The van der Waals surface area contributed by atoms with Crippen molar-refractivity contribution in [2.75, 3.05) is 19.8 Å². The topological polar surface area (TPSA) is 47.9 Å². The number of hydrogen-bond donors (Lipinski definition) is 1. The summed E-state index contributed by atoms with van der Waals surface area (Å²) in [5.74, 6) is -0.574. The van der Waals surface area contributed by atoms with Crippen LogP contribution in [0.2, 0.25) is 0 Å². The van der Waals surface area contributed by atoms with Crippen molar-refractivity contribution in [1.82, 2.24) is 0 Å². The van der Waals surface area contributed by atoms with Crippen molar-refractivity contribution >= 4 is 0 Å². The summed E-state index contributed by atoms with van der Waals surface area (Å²) in [5, 5.41) is 9.09. The molecule has 82 valence electrons. The molecule has 0 aromatic heterocycles. The second-order valence-corrected chi connectivity index (χ2v) is 3.71. The lowest BCUT2D eigenvalue weighted by atomic mass is 10.2. The maximum absolute atomic E-state index is 9.09. The van der Waals surface area contributed by atoms with Crippen LogP contribution >= 0.6 is 0 Å². The van der Waals surface area contributed by atoms with Crippen LogP contribution in [0.15, 0.2) is 12.7 Å². The standard InChI is InChI=1S/C10H18O4/c1-4-5-12-8(6-11)9-7-13-10(2,3)14-9/h4,8-9,11H,1,5-7H2,2-3H3/t8-,9+/m0/s1. The molecule has 1 aliphatic heterocycles. The van der Waals surface area contributed by atoms with Gasteiger partial charge < -0.3 is 19.3 Å². The summed E-state index contributed by atoms with van der Waals surface area (Å²) in [5.41, 5.74) is 0. The Hall–Kier alpha value is -0.420. The Morgan fingerprint density at radius 3 is 2.86 bits per heavy atom. The number of aliphatic hydroxyl groups excluding tert-OH is 1. The molecule has 1 aliphatic rings. The summed E-state index contributed by atoms with van der Waals surface area (Å²) in [6.07, 6.45) is 1.11. The first kappa shape index (κ1) is 11.7. The van der Waals surface area contributed by atoms with Gasteiger partial charge in [-0.25, -0.2) is 0 Å². The van der Waals surface area contributed by atoms with E-state index in [-0.39, 0.29) is 18.8 Å². The monoisotopic (exact) mass is 202 g/mol. The van der Waals surface area contributed by atoms with Crippen molar-refractivity contribution in [3.8, 4) is 0 Å². The lowest BCUT2D eigenvalue weighted by molar-refractivity contribution is -0.159. The molecule has 4 heteroatoms. The summed E-state index contributed by atoms with van der Waals surface area (Å²) in [6.45, 7) is 8.02. The van der Waals surface area contributed by atoms with E-state index in [1.165, 1.54) is 0 Å². The fourth-order valence-corrected chi connectivity index (χ4v) is 1.37. The van der Waals surface area contributed by atoms with Gasteiger partial charge in [-0.1, -0.05) is 6.08 Å². The van der Waals surface area contributed by atoms with Gasteiger partial charge in [0.2, 0.25) is 0 Å². The third kappa shape index (κ3) is 3.06. The van der Waals surface area contributed by atoms with E-state index in [1.54, 1.807) is 6.08 Å². The number of rotatable bonds is 5. The van der Waals surface area contributed by atoms with Crippen LogP contribution in [0, 0.1) is 0 Å². The Morgan fingerprint density at radius 2 is 2.43 bits per heavy atom. The zero-order chi connectivity index (χ0) is 10.6. The van der Waals surface area contributed by atoms with Gasteiger partial charge in [-0.3, -0.25) is 0 Å². The predicted octanol–water partition coefficient (Wildman–Crippen LogP) is 0.701. The number of ether oxygens (including phenoxy) is 3. The van der Waals surface area contributed by atoms with E-state index in [0.717, 1.165) is 0 Å². The third-order valence-electron chi connectivity index (χ3n) is 2.05. The quantitative estimate of drug-likeness (QED) is 0.667. The molecule has 0 bridgehead atoms. The van der Waals surface area contributed by atoms with E-state index in [2.05, 4.69) is 6.58 Å². The maximum Gasteiger partial charge on any atom is 0.163 e. The first-order chi connectivity index (χ1) is 6.59. The molecular formula is C10H18O4. The van der Waals surface area contributed by atoms with Crippen molar-refractivity contribution in [1.29, 1.82) is 0 Å². The summed E-state index contributed by atoms with van der Waals surface area (Å²) < 4.78 is 16.3. The van der Waals surface area contributed by atoms with E-state index in [0.29, 0.717) is 13.2 Å². The predicted molar refractivity (Wildman–Crippen MR) is 51.9 cm³/mol. The highest BCUT2D eigenvalue weighted by Gasteiger charge is 2.37. The molecule has 0 amide bonds. The lowest BCUT2D eigenvalue weighted by Crippen LogP contribution is -2.35. The largest absolute Gasteiger partial charge is 0.394 e. The van der Waals surface area contributed by atoms with Crippen molar-refractivity contribution < 1.29 is 19.3 Å². The number of aliphatic hydroxyl groups is 1. The molecule has 1 saturated heterocycles. The molecular weight excluding hydrogens is 184 g/mol. The summed E-state index contributed by atoms with van der Waals surface area (Å²) in [7, 11) is 0. The van der Waals surface area contributed by atoms with Crippen molar-refractivity contribution in [2.45, 2.75) is 31.8 Å². The van der Waals surface area contributed by atoms with E-state index >= 15 is 0 Å². The first-order valence-electron chi connectivity index (χ1n) is 4.74. The first-order valence-corrected chi connectivity index (χ1v) is 4.74. The summed E-state index contributed by atoms with van der Waals surface area (Å²) >= 11 is 0. The van der Waals surface area contributed by atoms with Crippen LogP contribution in [-0.4, -0.2) is 42.9 Å². The Labute approximate surface area is 84.5 Å². The number of hydrogen-bond acceptors (Lipinski definition) is 4. The van der Waals surface area contributed by atoms with E-state index < -0.39 is 5.79 Å². The Kier molecular flexibility index (Phi) is 4.07. The van der Waals surface area contributed by atoms with E-state index in [4.69, 9.17) is 19.3 Å². The smallest absolute Gasteiger partial charge is 0.163 e. The molecule has 1 fully saturated rings. The summed E-state index contributed by atoms with van der Waals surface area (Å²) in [6, 6.07) is 0. The molecule has 0 spiro atoms. The van der Waals surface area contributed by atoms with E-state index in [1.807, 2.05) is 13.8 Å². The van der Waals surface area contributed by atoms with Crippen LogP contribution in [0.25, 0.3) is 0 Å². The summed E-state index contributed by atoms with van der Waals surface area (Å²) in [4.78, 5) is 0. The Balaban J connectivity index is 2.42. The minimum Gasteiger partial charge on any atom is -0.394 e.